The summed E-state index contributed by atoms with van der Waals surface area (Å²) in [6.45, 7) is 8.56. The van der Waals surface area contributed by atoms with Crippen molar-refractivity contribution < 1.29 is 23.8 Å². The molecule has 1 fully saturated rings. The Morgan fingerprint density at radius 3 is 2.49 bits per heavy atom. The van der Waals surface area contributed by atoms with E-state index in [1.807, 2.05) is 62.4 Å². The number of nitrogens with zero attached hydrogens (tertiary/aromatic N) is 1. The Kier molecular flexibility index (Phi) is 7.10. The molecule has 1 aliphatic heterocycles. The summed E-state index contributed by atoms with van der Waals surface area (Å²) < 4.78 is 17.0. The molecule has 0 aromatic heterocycles. The standard InChI is InChI=1S/C29H33NO5/c1-6-34-23-13-12-20(14-24(23)33-5)26-25(28(32)35-17-19-10-8-7-9-11-19)18(2)30-21-15-29(3,4)16-22(31)27(21)26/h7-14,26-27H,6,15-17H2,1-5H3/t26-,27?/m1/s1. The highest BCUT2D eigenvalue weighted by molar-refractivity contribution is 6.12. The second-order valence-corrected chi connectivity index (χ2v) is 9.95. The Morgan fingerprint density at radius 1 is 1.06 bits per heavy atom. The van der Waals surface area contributed by atoms with E-state index < -0.39 is 17.8 Å². The van der Waals surface area contributed by atoms with Crippen molar-refractivity contribution in [1.82, 2.24) is 0 Å². The van der Waals surface area contributed by atoms with Crippen molar-refractivity contribution in [3.63, 3.8) is 0 Å². The molecule has 2 aliphatic rings. The van der Waals surface area contributed by atoms with Crippen LogP contribution in [-0.4, -0.2) is 31.2 Å². The van der Waals surface area contributed by atoms with Crippen LogP contribution in [0.4, 0.5) is 0 Å². The quantitative estimate of drug-likeness (QED) is 0.484. The maximum atomic E-state index is 13.5. The molecule has 1 saturated carbocycles. The van der Waals surface area contributed by atoms with Gasteiger partial charge in [-0.2, -0.15) is 0 Å². The van der Waals surface area contributed by atoms with Crippen LogP contribution in [0.25, 0.3) is 0 Å². The van der Waals surface area contributed by atoms with E-state index >= 15 is 0 Å². The van der Waals surface area contributed by atoms with Crippen LogP contribution in [0, 0.1) is 11.3 Å². The van der Waals surface area contributed by atoms with Crippen LogP contribution >= 0.6 is 0 Å². The molecule has 2 atom stereocenters. The van der Waals surface area contributed by atoms with Gasteiger partial charge in [0.05, 0.1) is 25.2 Å². The summed E-state index contributed by atoms with van der Waals surface area (Å²) in [5, 5.41) is 0. The summed E-state index contributed by atoms with van der Waals surface area (Å²) >= 11 is 0. The fourth-order valence-electron chi connectivity index (χ4n) is 5.17. The first kappa shape index (κ1) is 24.7. The summed E-state index contributed by atoms with van der Waals surface area (Å²) in [5.74, 6) is -0.184. The second kappa shape index (κ2) is 10.1. The van der Waals surface area contributed by atoms with Gasteiger partial charge in [0.1, 0.15) is 12.4 Å². The van der Waals surface area contributed by atoms with Crippen LogP contribution in [0.15, 0.2) is 64.8 Å². The molecule has 6 nitrogen and oxygen atoms in total. The molecule has 0 amide bonds. The van der Waals surface area contributed by atoms with Gasteiger partial charge in [-0.05, 0) is 48.9 Å². The van der Waals surface area contributed by atoms with Crippen LogP contribution in [0.1, 0.15) is 57.6 Å². The molecule has 35 heavy (non-hydrogen) atoms. The first-order chi connectivity index (χ1) is 16.7. The van der Waals surface area contributed by atoms with E-state index in [4.69, 9.17) is 19.2 Å². The first-order valence-electron chi connectivity index (χ1n) is 12.1. The first-order valence-corrected chi connectivity index (χ1v) is 12.1. The number of methoxy groups -OCH3 is 1. The average molecular weight is 476 g/mol. The van der Waals surface area contributed by atoms with E-state index in [9.17, 15) is 9.59 Å². The number of hydrogen-bond acceptors (Lipinski definition) is 6. The van der Waals surface area contributed by atoms with Gasteiger partial charge in [0.2, 0.25) is 0 Å². The minimum absolute atomic E-state index is 0.0960. The number of rotatable bonds is 7. The van der Waals surface area contributed by atoms with Gasteiger partial charge in [-0.3, -0.25) is 9.79 Å². The van der Waals surface area contributed by atoms with E-state index in [0.717, 1.165) is 16.8 Å². The third-order valence-electron chi connectivity index (χ3n) is 6.64. The zero-order valence-corrected chi connectivity index (χ0v) is 21.1. The number of fused-ring (bicyclic) bond motifs is 1. The lowest BCUT2D eigenvalue weighted by Crippen LogP contribution is -2.44. The largest absolute Gasteiger partial charge is 0.493 e. The Morgan fingerprint density at radius 2 is 1.80 bits per heavy atom. The number of carbonyl (C=O) groups excluding carboxylic acids is 2. The predicted octanol–water partition coefficient (Wildman–Crippen LogP) is 5.65. The molecule has 2 aromatic rings. The van der Waals surface area contributed by atoms with Crippen molar-refractivity contribution in [3.05, 3.63) is 70.9 Å². The van der Waals surface area contributed by atoms with Crippen molar-refractivity contribution in [2.75, 3.05) is 13.7 Å². The van der Waals surface area contributed by atoms with Crippen LogP contribution in [0.5, 0.6) is 11.5 Å². The Labute approximate surface area is 207 Å². The van der Waals surface area contributed by atoms with Crippen molar-refractivity contribution in [3.8, 4) is 11.5 Å². The average Bonchev–Trinajstić information content (AvgIpc) is 2.82. The monoisotopic (exact) mass is 475 g/mol. The summed E-state index contributed by atoms with van der Waals surface area (Å²) in [6.07, 6.45) is 1.14. The topological polar surface area (TPSA) is 74.2 Å². The van der Waals surface area contributed by atoms with Crippen LogP contribution in [0.2, 0.25) is 0 Å². The van der Waals surface area contributed by atoms with Crippen molar-refractivity contribution >= 4 is 17.5 Å². The van der Waals surface area contributed by atoms with Gasteiger partial charge < -0.3 is 14.2 Å². The molecule has 0 N–H and O–H groups in total. The van der Waals surface area contributed by atoms with Crippen LogP contribution in [0.3, 0.4) is 0 Å². The molecular weight excluding hydrogens is 442 g/mol. The molecule has 0 saturated heterocycles. The zero-order chi connectivity index (χ0) is 25.2. The number of aliphatic imine (C=N–C) groups is 1. The van der Waals surface area contributed by atoms with Gasteiger partial charge in [-0.1, -0.05) is 50.2 Å². The summed E-state index contributed by atoms with van der Waals surface area (Å²) in [4.78, 5) is 31.8. The van der Waals surface area contributed by atoms with Gasteiger partial charge in [0.15, 0.2) is 11.5 Å². The van der Waals surface area contributed by atoms with Gasteiger partial charge in [0, 0.05) is 23.7 Å². The minimum Gasteiger partial charge on any atom is -0.493 e. The highest BCUT2D eigenvalue weighted by Crippen LogP contribution is 2.48. The number of esters is 1. The maximum Gasteiger partial charge on any atom is 0.336 e. The fourth-order valence-corrected chi connectivity index (χ4v) is 5.17. The number of ether oxygens (including phenoxy) is 3. The number of benzene rings is 2. The molecule has 6 heteroatoms. The minimum atomic E-state index is -0.506. The molecule has 0 spiro atoms. The third kappa shape index (κ3) is 5.16. The van der Waals surface area contributed by atoms with Gasteiger partial charge in [0.25, 0.3) is 0 Å². The highest BCUT2D eigenvalue weighted by Gasteiger charge is 2.47. The van der Waals surface area contributed by atoms with E-state index in [1.54, 1.807) is 7.11 Å². The molecular formula is C29H33NO5. The SMILES string of the molecule is CCOc1ccc([C@@H]2C(C(=O)OCc3ccccc3)=C(C)N=C3CC(C)(C)CC(=O)C32)cc1OC. The lowest BCUT2D eigenvalue weighted by Gasteiger charge is -2.41. The molecule has 1 heterocycles. The van der Waals surface area contributed by atoms with Gasteiger partial charge >= 0.3 is 5.97 Å². The van der Waals surface area contributed by atoms with Crippen LogP contribution < -0.4 is 9.47 Å². The van der Waals surface area contributed by atoms with Gasteiger partial charge in [-0.15, -0.1) is 0 Å². The Hall–Kier alpha value is -3.41. The number of Topliss-reactive ketones (excluding diaryl/α,β-unsaturated/α-hetero) is 1. The van der Waals surface area contributed by atoms with Gasteiger partial charge in [-0.25, -0.2) is 4.79 Å². The molecule has 2 aromatic carbocycles. The third-order valence-corrected chi connectivity index (χ3v) is 6.64. The zero-order valence-electron chi connectivity index (χ0n) is 21.1. The summed E-state index contributed by atoms with van der Waals surface area (Å²) in [6, 6.07) is 15.2. The summed E-state index contributed by atoms with van der Waals surface area (Å²) in [7, 11) is 1.58. The van der Waals surface area contributed by atoms with E-state index in [2.05, 4.69) is 13.8 Å². The molecule has 1 aliphatic carbocycles. The molecule has 1 unspecified atom stereocenters. The normalized spacial score (nSPS) is 21.2. The van der Waals surface area contributed by atoms with Crippen molar-refractivity contribution in [2.45, 2.75) is 53.1 Å². The molecule has 0 radical (unpaired) electrons. The van der Waals surface area contributed by atoms with E-state index in [-0.39, 0.29) is 17.8 Å². The Bertz CT molecular complexity index is 1180. The smallest absolute Gasteiger partial charge is 0.336 e. The second-order valence-electron chi connectivity index (χ2n) is 9.95. The molecule has 184 valence electrons. The highest BCUT2D eigenvalue weighted by atomic mass is 16.5. The predicted molar refractivity (Wildman–Crippen MR) is 135 cm³/mol. The lowest BCUT2D eigenvalue weighted by molar-refractivity contribution is -0.140. The van der Waals surface area contributed by atoms with E-state index in [1.165, 1.54) is 0 Å². The number of carbonyl (C=O) groups is 2. The number of allylic oxidation sites excluding steroid dienone is 1. The number of hydrogen-bond donors (Lipinski definition) is 0. The Balaban J connectivity index is 1.77. The summed E-state index contributed by atoms with van der Waals surface area (Å²) in [5.41, 5.74) is 3.39. The van der Waals surface area contributed by atoms with Crippen molar-refractivity contribution in [2.24, 2.45) is 16.3 Å². The maximum absolute atomic E-state index is 13.5. The van der Waals surface area contributed by atoms with Crippen LogP contribution in [-0.2, 0) is 20.9 Å². The molecule has 0 bridgehead atoms. The fraction of sp³-hybridized carbons (Fsp3) is 0.414. The van der Waals surface area contributed by atoms with E-state index in [0.29, 0.717) is 42.2 Å². The van der Waals surface area contributed by atoms with Crippen molar-refractivity contribution in [1.29, 1.82) is 0 Å². The number of ketones is 1. The lowest BCUT2D eigenvalue weighted by atomic mass is 9.63. The molecule has 4 rings (SSSR count).